The molecule has 0 saturated carbocycles. The first kappa shape index (κ1) is 17.1. The number of aryl methyl sites for hydroxylation is 3. The summed E-state index contributed by atoms with van der Waals surface area (Å²) in [6.07, 6.45) is 0.542. The van der Waals surface area contributed by atoms with Crippen molar-refractivity contribution in [2.24, 2.45) is 0 Å². The topological polar surface area (TPSA) is 66.3 Å². The van der Waals surface area contributed by atoms with Crippen LogP contribution in [0.15, 0.2) is 30.3 Å². The van der Waals surface area contributed by atoms with Crippen LogP contribution in [-0.2, 0) is 6.54 Å². The van der Waals surface area contributed by atoms with Crippen LogP contribution in [0.2, 0.25) is 0 Å². The van der Waals surface area contributed by atoms with Gasteiger partial charge in [-0.25, -0.2) is 9.97 Å². The lowest BCUT2D eigenvalue weighted by atomic mass is 10.1. The van der Waals surface area contributed by atoms with Gasteiger partial charge in [0.25, 0.3) is 5.91 Å². The van der Waals surface area contributed by atoms with Crippen molar-refractivity contribution < 1.29 is 9.90 Å². The van der Waals surface area contributed by atoms with E-state index in [0.29, 0.717) is 31.0 Å². The van der Waals surface area contributed by atoms with Gasteiger partial charge in [-0.2, -0.15) is 0 Å². The van der Waals surface area contributed by atoms with Gasteiger partial charge in [0.15, 0.2) is 0 Å². The summed E-state index contributed by atoms with van der Waals surface area (Å²) in [5.74, 6) is 0.457. The Morgan fingerprint density at radius 2 is 1.83 bits per heavy atom. The molecule has 23 heavy (non-hydrogen) atoms. The molecular formula is C18H23N3O2. The highest BCUT2D eigenvalue weighted by atomic mass is 16.3. The summed E-state index contributed by atoms with van der Waals surface area (Å²) in [5.41, 5.74) is 3.42. The lowest BCUT2D eigenvalue weighted by Gasteiger charge is -2.22. The fourth-order valence-corrected chi connectivity index (χ4v) is 2.42. The number of aliphatic hydroxyl groups excluding tert-OH is 1. The Hall–Kier alpha value is -2.27. The third kappa shape index (κ3) is 4.86. The number of aromatic nitrogens is 2. The Labute approximate surface area is 137 Å². The first-order valence-electron chi connectivity index (χ1n) is 7.77. The second-order valence-corrected chi connectivity index (χ2v) is 5.73. The molecule has 2 aromatic rings. The van der Waals surface area contributed by atoms with E-state index in [1.165, 1.54) is 5.56 Å². The summed E-state index contributed by atoms with van der Waals surface area (Å²) in [4.78, 5) is 23.0. The first-order valence-corrected chi connectivity index (χ1v) is 7.77. The van der Waals surface area contributed by atoms with Crippen molar-refractivity contribution in [2.45, 2.75) is 33.7 Å². The second-order valence-electron chi connectivity index (χ2n) is 5.73. The molecule has 1 amide bonds. The molecule has 1 N–H and O–H groups in total. The van der Waals surface area contributed by atoms with Crippen molar-refractivity contribution in [1.29, 1.82) is 0 Å². The zero-order valence-electron chi connectivity index (χ0n) is 13.9. The molecule has 0 aliphatic carbocycles. The van der Waals surface area contributed by atoms with E-state index in [2.05, 4.69) is 9.97 Å². The SMILES string of the molecule is Cc1ccc(CN(CCCO)C(=O)c2cc(C)nc(C)n2)cc1. The molecule has 0 unspecified atom stereocenters. The molecule has 0 fully saturated rings. The van der Waals surface area contributed by atoms with Gasteiger partial charge in [-0.05, 0) is 38.8 Å². The number of hydrogen-bond donors (Lipinski definition) is 1. The number of aliphatic hydroxyl groups is 1. The minimum Gasteiger partial charge on any atom is -0.396 e. The van der Waals surface area contributed by atoms with Gasteiger partial charge in [0.1, 0.15) is 11.5 Å². The molecule has 0 bridgehead atoms. The number of amides is 1. The summed E-state index contributed by atoms with van der Waals surface area (Å²) in [7, 11) is 0. The van der Waals surface area contributed by atoms with Crippen LogP contribution >= 0.6 is 0 Å². The average Bonchev–Trinajstić information content (AvgIpc) is 2.51. The molecule has 5 heteroatoms. The van der Waals surface area contributed by atoms with Crippen LogP contribution in [0.25, 0.3) is 0 Å². The number of carbonyl (C=O) groups is 1. The van der Waals surface area contributed by atoms with Crippen LogP contribution in [0.1, 0.15) is 39.6 Å². The molecule has 1 heterocycles. The quantitative estimate of drug-likeness (QED) is 0.889. The molecule has 0 radical (unpaired) electrons. The zero-order valence-corrected chi connectivity index (χ0v) is 13.9. The van der Waals surface area contributed by atoms with Crippen molar-refractivity contribution in [1.82, 2.24) is 14.9 Å². The maximum absolute atomic E-state index is 12.8. The zero-order chi connectivity index (χ0) is 16.8. The lowest BCUT2D eigenvalue weighted by molar-refractivity contribution is 0.0725. The summed E-state index contributed by atoms with van der Waals surface area (Å²) in [6.45, 7) is 6.71. The number of rotatable bonds is 6. The van der Waals surface area contributed by atoms with Gasteiger partial charge >= 0.3 is 0 Å². The smallest absolute Gasteiger partial charge is 0.272 e. The second kappa shape index (κ2) is 7.83. The molecule has 0 spiro atoms. The Morgan fingerprint density at radius 1 is 1.13 bits per heavy atom. The van der Waals surface area contributed by atoms with Gasteiger partial charge < -0.3 is 10.0 Å². The Morgan fingerprint density at radius 3 is 2.43 bits per heavy atom. The molecule has 122 valence electrons. The number of benzene rings is 1. The lowest BCUT2D eigenvalue weighted by Crippen LogP contribution is -2.33. The predicted molar refractivity (Wildman–Crippen MR) is 89.1 cm³/mol. The number of nitrogens with zero attached hydrogens (tertiary/aromatic N) is 3. The summed E-state index contributed by atoms with van der Waals surface area (Å²) in [6, 6.07) is 9.80. The molecule has 1 aromatic heterocycles. The van der Waals surface area contributed by atoms with Crippen LogP contribution in [0.3, 0.4) is 0 Å². The molecule has 0 aliphatic rings. The van der Waals surface area contributed by atoms with Gasteiger partial charge in [-0.1, -0.05) is 29.8 Å². The van der Waals surface area contributed by atoms with Gasteiger partial charge in [0, 0.05) is 25.4 Å². The molecule has 0 saturated heterocycles. The first-order chi connectivity index (χ1) is 11.0. The van der Waals surface area contributed by atoms with Crippen LogP contribution in [0, 0.1) is 20.8 Å². The fourth-order valence-electron chi connectivity index (χ4n) is 2.42. The van der Waals surface area contributed by atoms with Crippen LogP contribution in [0.5, 0.6) is 0 Å². The van der Waals surface area contributed by atoms with E-state index in [1.807, 2.05) is 38.1 Å². The average molecular weight is 313 g/mol. The maximum atomic E-state index is 12.8. The van der Waals surface area contributed by atoms with E-state index in [9.17, 15) is 4.79 Å². The van der Waals surface area contributed by atoms with Crippen molar-refractivity contribution in [2.75, 3.05) is 13.2 Å². The Balaban J connectivity index is 2.22. The minimum absolute atomic E-state index is 0.0551. The van der Waals surface area contributed by atoms with E-state index < -0.39 is 0 Å². The molecular weight excluding hydrogens is 290 g/mol. The maximum Gasteiger partial charge on any atom is 0.272 e. The van der Waals surface area contributed by atoms with Gasteiger partial charge in [-0.15, -0.1) is 0 Å². The van der Waals surface area contributed by atoms with Crippen LogP contribution < -0.4 is 0 Å². The monoisotopic (exact) mass is 313 g/mol. The predicted octanol–water partition coefficient (Wildman–Crippen LogP) is 2.43. The third-order valence-electron chi connectivity index (χ3n) is 3.55. The highest BCUT2D eigenvalue weighted by molar-refractivity contribution is 5.92. The highest BCUT2D eigenvalue weighted by Crippen LogP contribution is 2.11. The van der Waals surface area contributed by atoms with E-state index in [-0.39, 0.29) is 12.5 Å². The van der Waals surface area contributed by atoms with Gasteiger partial charge in [0.2, 0.25) is 0 Å². The normalized spacial score (nSPS) is 10.6. The fraction of sp³-hybridized carbons (Fsp3) is 0.389. The van der Waals surface area contributed by atoms with Crippen molar-refractivity contribution >= 4 is 5.91 Å². The molecule has 0 aliphatic heterocycles. The standard InChI is InChI=1S/C18H23N3O2/c1-13-5-7-16(8-6-13)12-21(9-4-10-22)18(23)17-11-14(2)19-15(3)20-17/h5-8,11,22H,4,9-10,12H2,1-3H3. The van der Waals surface area contributed by atoms with Gasteiger partial charge in [-0.3, -0.25) is 4.79 Å². The summed E-state index contributed by atoms with van der Waals surface area (Å²) in [5, 5.41) is 9.09. The van der Waals surface area contributed by atoms with E-state index >= 15 is 0 Å². The van der Waals surface area contributed by atoms with E-state index in [0.717, 1.165) is 11.3 Å². The van der Waals surface area contributed by atoms with Crippen molar-refractivity contribution in [3.05, 3.63) is 58.7 Å². The molecule has 2 rings (SSSR count). The third-order valence-corrected chi connectivity index (χ3v) is 3.55. The Bertz CT molecular complexity index is 648. The highest BCUT2D eigenvalue weighted by Gasteiger charge is 2.18. The van der Waals surface area contributed by atoms with Crippen molar-refractivity contribution in [3.63, 3.8) is 0 Å². The molecule has 5 nitrogen and oxygen atoms in total. The van der Waals surface area contributed by atoms with Gasteiger partial charge in [0.05, 0.1) is 0 Å². The van der Waals surface area contributed by atoms with Crippen LogP contribution in [0.4, 0.5) is 0 Å². The summed E-state index contributed by atoms with van der Waals surface area (Å²) < 4.78 is 0. The minimum atomic E-state index is -0.132. The summed E-state index contributed by atoms with van der Waals surface area (Å²) >= 11 is 0. The number of carbonyl (C=O) groups excluding carboxylic acids is 1. The molecule has 0 atom stereocenters. The number of hydrogen-bond acceptors (Lipinski definition) is 4. The Kier molecular flexibility index (Phi) is 5.82. The van der Waals surface area contributed by atoms with Crippen LogP contribution in [-0.4, -0.2) is 39.0 Å². The van der Waals surface area contributed by atoms with Crippen molar-refractivity contribution in [3.8, 4) is 0 Å². The van der Waals surface area contributed by atoms with E-state index in [4.69, 9.17) is 5.11 Å². The van der Waals surface area contributed by atoms with E-state index in [1.54, 1.807) is 17.9 Å². The largest absolute Gasteiger partial charge is 0.396 e. The molecule has 1 aromatic carbocycles.